The third-order valence-electron chi connectivity index (χ3n) is 4.19. The maximum absolute atomic E-state index is 12.3. The second kappa shape index (κ2) is 8.16. The summed E-state index contributed by atoms with van der Waals surface area (Å²) in [5, 5.41) is 3.42. The van der Waals surface area contributed by atoms with Crippen molar-refractivity contribution in [1.29, 1.82) is 0 Å². The molecule has 0 amide bonds. The number of esters is 1. The quantitative estimate of drug-likeness (QED) is 0.515. The Morgan fingerprint density at radius 3 is 2.00 bits per heavy atom. The van der Waals surface area contributed by atoms with Crippen molar-refractivity contribution in [3.8, 4) is 0 Å². The number of carbonyl (C=O) groups excluding carboxylic acids is 1. The van der Waals surface area contributed by atoms with Crippen molar-refractivity contribution in [1.82, 2.24) is 0 Å². The summed E-state index contributed by atoms with van der Waals surface area (Å²) >= 11 is 0. The predicted octanol–water partition coefficient (Wildman–Crippen LogP) is 3.30. The number of rotatable bonds is 5. The van der Waals surface area contributed by atoms with Crippen LogP contribution in [0.1, 0.15) is 10.4 Å². The third-order valence-corrected chi connectivity index (χ3v) is 6.69. The molecule has 3 aromatic rings. The molecule has 3 nitrogen and oxygen atoms in total. The van der Waals surface area contributed by atoms with Gasteiger partial charge in [-0.05, 0) is 42.0 Å². The van der Waals surface area contributed by atoms with Gasteiger partial charge >= 0.3 is 5.97 Å². The second-order valence-electron chi connectivity index (χ2n) is 6.09. The van der Waals surface area contributed by atoms with E-state index in [-0.39, 0.29) is 5.97 Å². The van der Waals surface area contributed by atoms with Crippen LogP contribution in [0.5, 0.6) is 0 Å². The lowest BCUT2D eigenvalue weighted by Crippen LogP contribution is -2.25. The van der Waals surface area contributed by atoms with E-state index in [0.29, 0.717) is 5.56 Å². The van der Waals surface area contributed by atoms with Crippen LogP contribution in [0.15, 0.2) is 78.9 Å². The Morgan fingerprint density at radius 1 is 0.808 bits per heavy atom. The van der Waals surface area contributed by atoms with Crippen LogP contribution in [0.25, 0.3) is 0 Å². The number of anilines is 1. The molecule has 3 rings (SSSR count). The van der Waals surface area contributed by atoms with Gasteiger partial charge in [0.25, 0.3) is 0 Å². The van der Waals surface area contributed by atoms with Crippen molar-refractivity contribution >= 4 is 35.5 Å². The zero-order valence-electron chi connectivity index (χ0n) is 15.2. The largest absolute Gasteiger partial charge is 0.465 e. The standard InChI is InChI=1S/C22H22NO2P/c1-23(2)17-13-15-19(16-14-17)26(18-9-5-4-6-10-18)21-12-8-7-11-20(21)22(24)25-3/h4-16H,1-3H3. The molecule has 132 valence electrons. The lowest BCUT2D eigenvalue weighted by atomic mass is 10.2. The smallest absolute Gasteiger partial charge is 0.338 e. The monoisotopic (exact) mass is 363 g/mol. The molecule has 0 aliphatic carbocycles. The van der Waals surface area contributed by atoms with Crippen molar-refractivity contribution in [2.45, 2.75) is 0 Å². The average Bonchev–Trinajstić information content (AvgIpc) is 2.69. The van der Waals surface area contributed by atoms with Crippen molar-refractivity contribution in [2.75, 3.05) is 26.1 Å². The molecule has 0 N–H and O–H groups in total. The van der Waals surface area contributed by atoms with Crippen molar-refractivity contribution < 1.29 is 9.53 Å². The lowest BCUT2D eigenvalue weighted by Gasteiger charge is -2.22. The molecular weight excluding hydrogens is 341 g/mol. The highest BCUT2D eigenvalue weighted by Gasteiger charge is 2.22. The molecule has 0 radical (unpaired) electrons. The van der Waals surface area contributed by atoms with E-state index in [1.807, 2.05) is 56.6 Å². The van der Waals surface area contributed by atoms with Gasteiger partial charge in [0.05, 0.1) is 12.7 Å². The number of nitrogens with zero attached hydrogens (tertiary/aromatic N) is 1. The summed E-state index contributed by atoms with van der Waals surface area (Å²) < 4.78 is 5.01. The number of methoxy groups -OCH3 is 1. The summed E-state index contributed by atoms with van der Waals surface area (Å²) in [6.45, 7) is 0. The van der Waals surface area contributed by atoms with E-state index in [2.05, 4.69) is 41.3 Å². The van der Waals surface area contributed by atoms with Crippen LogP contribution >= 0.6 is 7.92 Å². The van der Waals surface area contributed by atoms with Crippen LogP contribution in [0, 0.1) is 0 Å². The Morgan fingerprint density at radius 2 is 1.38 bits per heavy atom. The Hall–Kier alpha value is -2.64. The first-order chi connectivity index (χ1) is 12.6. The number of ether oxygens (including phenoxy) is 1. The summed E-state index contributed by atoms with van der Waals surface area (Å²) in [6, 6.07) is 26.6. The van der Waals surface area contributed by atoms with Crippen LogP contribution in [0.3, 0.4) is 0 Å². The first-order valence-electron chi connectivity index (χ1n) is 8.41. The van der Waals surface area contributed by atoms with Gasteiger partial charge < -0.3 is 9.64 Å². The fourth-order valence-corrected chi connectivity index (χ4v) is 5.27. The number of hydrogen-bond donors (Lipinski definition) is 0. The molecule has 4 heteroatoms. The molecule has 26 heavy (non-hydrogen) atoms. The average molecular weight is 363 g/mol. The van der Waals surface area contributed by atoms with Crippen LogP contribution in [-0.2, 0) is 4.74 Å². The highest BCUT2D eigenvalue weighted by Crippen LogP contribution is 2.34. The topological polar surface area (TPSA) is 29.5 Å². The number of carbonyl (C=O) groups is 1. The SMILES string of the molecule is COC(=O)c1ccccc1P(c1ccccc1)c1ccc(N(C)C)cc1. The summed E-state index contributed by atoms with van der Waals surface area (Å²) in [4.78, 5) is 14.4. The summed E-state index contributed by atoms with van der Waals surface area (Å²) in [6.07, 6.45) is 0. The summed E-state index contributed by atoms with van der Waals surface area (Å²) in [7, 11) is 4.63. The van der Waals surface area contributed by atoms with Gasteiger partial charge in [0.2, 0.25) is 0 Å². The normalized spacial score (nSPS) is 11.7. The highest BCUT2D eigenvalue weighted by molar-refractivity contribution is 7.80. The fourth-order valence-electron chi connectivity index (χ4n) is 2.86. The maximum atomic E-state index is 12.3. The van der Waals surface area contributed by atoms with E-state index < -0.39 is 7.92 Å². The van der Waals surface area contributed by atoms with Crippen LogP contribution in [0.4, 0.5) is 5.69 Å². The lowest BCUT2D eigenvalue weighted by molar-refractivity contribution is 0.0602. The van der Waals surface area contributed by atoms with Gasteiger partial charge in [-0.15, -0.1) is 0 Å². The van der Waals surface area contributed by atoms with Gasteiger partial charge in [-0.25, -0.2) is 4.79 Å². The van der Waals surface area contributed by atoms with Gasteiger partial charge in [-0.2, -0.15) is 0 Å². The van der Waals surface area contributed by atoms with E-state index in [1.54, 1.807) is 0 Å². The molecule has 0 bridgehead atoms. The van der Waals surface area contributed by atoms with Gasteiger partial charge in [0.1, 0.15) is 0 Å². The Bertz CT molecular complexity index is 876. The van der Waals surface area contributed by atoms with Crippen LogP contribution in [0.2, 0.25) is 0 Å². The van der Waals surface area contributed by atoms with E-state index >= 15 is 0 Å². The van der Waals surface area contributed by atoms with Crippen LogP contribution in [-0.4, -0.2) is 27.2 Å². The molecule has 0 aliphatic rings. The van der Waals surface area contributed by atoms with Gasteiger partial charge in [0, 0.05) is 19.8 Å². The molecule has 0 spiro atoms. The second-order valence-corrected chi connectivity index (χ2v) is 8.28. The zero-order valence-corrected chi connectivity index (χ0v) is 16.1. The van der Waals surface area contributed by atoms with Crippen molar-refractivity contribution in [2.24, 2.45) is 0 Å². The van der Waals surface area contributed by atoms with E-state index in [1.165, 1.54) is 17.7 Å². The minimum atomic E-state index is -0.856. The first-order valence-corrected chi connectivity index (χ1v) is 9.76. The maximum Gasteiger partial charge on any atom is 0.338 e. The van der Waals surface area contributed by atoms with Gasteiger partial charge in [-0.1, -0.05) is 60.7 Å². The Kier molecular flexibility index (Phi) is 5.70. The van der Waals surface area contributed by atoms with Crippen LogP contribution < -0.4 is 20.8 Å². The molecule has 3 aromatic carbocycles. The fraction of sp³-hybridized carbons (Fsp3) is 0.136. The zero-order chi connectivity index (χ0) is 18.5. The molecule has 0 aliphatic heterocycles. The molecule has 0 fully saturated rings. The molecule has 0 aromatic heterocycles. The molecule has 0 saturated heterocycles. The Labute approximate surface area is 156 Å². The molecule has 0 saturated carbocycles. The minimum Gasteiger partial charge on any atom is -0.465 e. The molecule has 1 atom stereocenters. The third kappa shape index (κ3) is 3.79. The molecule has 1 unspecified atom stereocenters. The number of hydrogen-bond acceptors (Lipinski definition) is 3. The first kappa shape index (κ1) is 18.2. The van der Waals surface area contributed by atoms with E-state index in [9.17, 15) is 4.79 Å². The number of benzene rings is 3. The predicted molar refractivity (Wildman–Crippen MR) is 111 cm³/mol. The molecule has 0 heterocycles. The minimum absolute atomic E-state index is 0.297. The van der Waals surface area contributed by atoms with Crippen molar-refractivity contribution in [3.05, 3.63) is 84.4 Å². The summed E-state index contributed by atoms with van der Waals surface area (Å²) in [5.74, 6) is -0.297. The Balaban J connectivity index is 2.16. The van der Waals surface area contributed by atoms with Gasteiger partial charge in [0.15, 0.2) is 0 Å². The van der Waals surface area contributed by atoms with Crippen molar-refractivity contribution in [3.63, 3.8) is 0 Å². The molecular formula is C22H22NO2P. The van der Waals surface area contributed by atoms with Gasteiger partial charge in [-0.3, -0.25) is 0 Å². The summed E-state index contributed by atoms with van der Waals surface area (Å²) in [5.41, 5.74) is 1.78. The highest BCUT2D eigenvalue weighted by atomic mass is 31.1. The van der Waals surface area contributed by atoms with E-state index in [4.69, 9.17) is 4.74 Å². The van der Waals surface area contributed by atoms with E-state index in [0.717, 1.165) is 11.0 Å².